The minimum absolute atomic E-state index is 0.0819. The fraction of sp³-hybridized carbons (Fsp3) is 0.368. The third-order valence-electron chi connectivity index (χ3n) is 4.57. The number of piperidine rings is 1. The predicted molar refractivity (Wildman–Crippen MR) is 97.3 cm³/mol. The van der Waals surface area contributed by atoms with Crippen LogP contribution in [0.2, 0.25) is 0 Å². The molecule has 4 nitrogen and oxygen atoms in total. The normalized spacial score (nSPS) is 16.4. The van der Waals surface area contributed by atoms with E-state index in [9.17, 15) is 4.79 Å². The third-order valence-corrected chi connectivity index (χ3v) is 5.62. The molecule has 1 N–H and O–H groups in total. The Labute approximate surface area is 146 Å². The summed E-state index contributed by atoms with van der Waals surface area (Å²) in [4.78, 5) is 15.8. The van der Waals surface area contributed by atoms with Crippen LogP contribution in [-0.4, -0.2) is 25.0 Å². The fourth-order valence-electron chi connectivity index (χ4n) is 3.02. The Hall–Kier alpha value is -2.32. The van der Waals surface area contributed by atoms with Gasteiger partial charge in [-0.05, 0) is 55.5 Å². The van der Waals surface area contributed by atoms with Crippen LogP contribution < -0.4 is 10.2 Å². The van der Waals surface area contributed by atoms with E-state index in [0.29, 0.717) is 5.56 Å². The van der Waals surface area contributed by atoms with E-state index in [1.807, 2.05) is 48.7 Å². The summed E-state index contributed by atoms with van der Waals surface area (Å²) in [6, 6.07) is 14.1. The van der Waals surface area contributed by atoms with Gasteiger partial charge < -0.3 is 10.2 Å². The van der Waals surface area contributed by atoms with Gasteiger partial charge in [-0.15, -0.1) is 11.3 Å². The third kappa shape index (κ3) is 3.77. The van der Waals surface area contributed by atoms with Gasteiger partial charge in [0.2, 0.25) is 5.91 Å². The molecule has 2 heterocycles. The highest BCUT2D eigenvalue weighted by Crippen LogP contribution is 2.23. The fourth-order valence-corrected chi connectivity index (χ4v) is 3.80. The zero-order valence-corrected chi connectivity index (χ0v) is 14.6. The molecule has 1 fully saturated rings. The second-order valence-electron chi connectivity index (χ2n) is 6.17. The molecule has 2 aromatic rings. The number of benzene rings is 1. The highest BCUT2D eigenvalue weighted by molar-refractivity contribution is 7.10. The van der Waals surface area contributed by atoms with Crippen molar-refractivity contribution in [3.63, 3.8) is 0 Å². The SMILES string of the molecule is C[C@@H](C(=O)NC1CCN(c2ccc(C#N)cc2)CC1)c1cccs1. The topological polar surface area (TPSA) is 56.1 Å². The van der Waals surface area contributed by atoms with E-state index in [2.05, 4.69) is 16.3 Å². The lowest BCUT2D eigenvalue weighted by Crippen LogP contribution is -2.45. The predicted octanol–water partition coefficient (Wildman–Crippen LogP) is 3.51. The lowest BCUT2D eigenvalue weighted by Gasteiger charge is -2.34. The van der Waals surface area contributed by atoms with E-state index in [4.69, 9.17) is 5.26 Å². The number of nitrogens with zero attached hydrogens (tertiary/aromatic N) is 2. The molecule has 124 valence electrons. The smallest absolute Gasteiger partial charge is 0.228 e. The van der Waals surface area contributed by atoms with Crippen molar-refractivity contribution in [1.82, 2.24) is 5.32 Å². The summed E-state index contributed by atoms with van der Waals surface area (Å²) >= 11 is 1.63. The quantitative estimate of drug-likeness (QED) is 0.927. The van der Waals surface area contributed by atoms with Crippen molar-refractivity contribution < 1.29 is 4.79 Å². The van der Waals surface area contributed by atoms with Crippen LogP contribution in [0.1, 0.15) is 36.1 Å². The molecule has 1 aliphatic heterocycles. The summed E-state index contributed by atoms with van der Waals surface area (Å²) in [5.74, 6) is 0.0378. The molecule has 24 heavy (non-hydrogen) atoms. The highest BCUT2D eigenvalue weighted by Gasteiger charge is 2.24. The van der Waals surface area contributed by atoms with Crippen LogP contribution in [0.25, 0.3) is 0 Å². The van der Waals surface area contributed by atoms with E-state index in [-0.39, 0.29) is 17.9 Å². The largest absolute Gasteiger partial charge is 0.371 e. The van der Waals surface area contributed by atoms with Gasteiger partial charge in [-0.25, -0.2) is 0 Å². The number of nitriles is 1. The van der Waals surface area contributed by atoms with Gasteiger partial charge in [-0.3, -0.25) is 4.79 Å². The molecule has 1 aliphatic rings. The monoisotopic (exact) mass is 339 g/mol. The summed E-state index contributed by atoms with van der Waals surface area (Å²) in [6.07, 6.45) is 1.89. The molecule has 0 saturated carbocycles. The maximum absolute atomic E-state index is 12.4. The van der Waals surface area contributed by atoms with E-state index in [1.165, 1.54) is 0 Å². The average Bonchev–Trinajstić information content (AvgIpc) is 3.16. The number of carbonyl (C=O) groups is 1. The summed E-state index contributed by atoms with van der Waals surface area (Å²) in [6.45, 7) is 3.81. The second-order valence-corrected chi connectivity index (χ2v) is 7.14. The number of hydrogen-bond donors (Lipinski definition) is 1. The molecule has 5 heteroatoms. The molecule has 1 aromatic heterocycles. The van der Waals surface area contributed by atoms with Gasteiger partial charge >= 0.3 is 0 Å². The van der Waals surface area contributed by atoms with Crippen molar-refractivity contribution >= 4 is 22.9 Å². The molecule has 1 atom stereocenters. The van der Waals surface area contributed by atoms with Crippen molar-refractivity contribution in [2.45, 2.75) is 31.7 Å². The molecule has 1 amide bonds. The molecule has 0 radical (unpaired) electrons. The lowest BCUT2D eigenvalue weighted by atomic mass is 10.0. The van der Waals surface area contributed by atoms with Gasteiger partial charge in [-0.2, -0.15) is 5.26 Å². The van der Waals surface area contributed by atoms with Crippen LogP contribution >= 0.6 is 11.3 Å². The van der Waals surface area contributed by atoms with Crippen LogP contribution in [-0.2, 0) is 4.79 Å². The van der Waals surface area contributed by atoms with Gasteiger partial charge in [0.15, 0.2) is 0 Å². The maximum atomic E-state index is 12.4. The van der Waals surface area contributed by atoms with Gasteiger partial charge in [0.1, 0.15) is 0 Å². The Balaban J connectivity index is 1.51. The first kappa shape index (κ1) is 16.5. The average molecular weight is 339 g/mol. The minimum Gasteiger partial charge on any atom is -0.371 e. The second kappa shape index (κ2) is 7.50. The first-order chi connectivity index (χ1) is 11.7. The van der Waals surface area contributed by atoms with E-state index >= 15 is 0 Å². The Bertz CT molecular complexity index is 710. The number of carbonyl (C=O) groups excluding carboxylic acids is 1. The molecular formula is C19H21N3OS. The van der Waals surface area contributed by atoms with Crippen molar-refractivity contribution in [3.8, 4) is 6.07 Å². The summed E-state index contributed by atoms with van der Waals surface area (Å²) < 4.78 is 0. The van der Waals surface area contributed by atoms with Gasteiger partial charge in [-0.1, -0.05) is 6.07 Å². The van der Waals surface area contributed by atoms with Crippen molar-refractivity contribution in [2.24, 2.45) is 0 Å². The minimum atomic E-state index is -0.0819. The van der Waals surface area contributed by atoms with Crippen LogP contribution in [0.4, 0.5) is 5.69 Å². The molecule has 1 saturated heterocycles. The standard InChI is InChI=1S/C19H21N3OS/c1-14(18-3-2-12-24-18)19(23)21-16-8-10-22(11-9-16)17-6-4-15(13-20)5-7-17/h2-7,12,14,16H,8-11H2,1H3,(H,21,23)/t14-/m1/s1. The van der Waals surface area contributed by atoms with E-state index in [1.54, 1.807) is 11.3 Å². The molecule has 0 spiro atoms. The van der Waals surface area contributed by atoms with Crippen molar-refractivity contribution in [3.05, 3.63) is 52.2 Å². The van der Waals surface area contributed by atoms with Gasteiger partial charge in [0.05, 0.1) is 17.6 Å². The summed E-state index contributed by atoms with van der Waals surface area (Å²) in [5.41, 5.74) is 1.83. The summed E-state index contributed by atoms with van der Waals surface area (Å²) in [5, 5.41) is 14.1. The Morgan fingerprint density at radius 2 is 2.00 bits per heavy atom. The zero-order valence-electron chi connectivity index (χ0n) is 13.7. The number of thiophene rings is 1. The number of amides is 1. The summed E-state index contributed by atoms with van der Waals surface area (Å²) in [7, 11) is 0. The molecule has 3 rings (SSSR count). The highest BCUT2D eigenvalue weighted by atomic mass is 32.1. The molecular weight excluding hydrogens is 318 g/mol. The number of hydrogen-bond acceptors (Lipinski definition) is 4. The van der Waals surface area contributed by atoms with E-state index in [0.717, 1.165) is 36.5 Å². The first-order valence-electron chi connectivity index (χ1n) is 8.26. The Morgan fingerprint density at radius 3 is 2.58 bits per heavy atom. The molecule has 0 unspecified atom stereocenters. The van der Waals surface area contributed by atoms with Crippen LogP contribution in [0.5, 0.6) is 0 Å². The maximum Gasteiger partial charge on any atom is 0.228 e. The Kier molecular flexibility index (Phi) is 5.17. The number of rotatable bonds is 4. The molecule has 0 aliphatic carbocycles. The van der Waals surface area contributed by atoms with Gasteiger partial charge in [0, 0.05) is 29.7 Å². The Morgan fingerprint density at radius 1 is 1.29 bits per heavy atom. The number of nitrogens with one attached hydrogen (secondary N) is 1. The molecule has 0 bridgehead atoms. The van der Waals surface area contributed by atoms with E-state index < -0.39 is 0 Å². The molecule has 1 aromatic carbocycles. The van der Waals surface area contributed by atoms with Crippen molar-refractivity contribution in [1.29, 1.82) is 5.26 Å². The van der Waals surface area contributed by atoms with Gasteiger partial charge in [0.25, 0.3) is 0 Å². The number of anilines is 1. The zero-order chi connectivity index (χ0) is 16.9. The van der Waals surface area contributed by atoms with Crippen LogP contribution in [0.15, 0.2) is 41.8 Å². The van der Waals surface area contributed by atoms with Crippen LogP contribution in [0.3, 0.4) is 0 Å². The lowest BCUT2D eigenvalue weighted by molar-refractivity contribution is -0.123. The van der Waals surface area contributed by atoms with Crippen molar-refractivity contribution in [2.75, 3.05) is 18.0 Å². The van der Waals surface area contributed by atoms with Crippen LogP contribution in [0, 0.1) is 11.3 Å². The first-order valence-corrected chi connectivity index (χ1v) is 9.14.